The van der Waals surface area contributed by atoms with Gasteiger partial charge in [-0.15, -0.1) is 0 Å². The number of nitrogens with zero attached hydrogens (tertiary/aromatic N) is 1. The quantitative estimate of drug-likeness (QED) is 0.726. The van der Waals surface area contributed by atoms with E-state index in [9.17, 15) is 0 Å². The van der Waals surface area contributed by atoms with Gasteiger partial charge < -0.3 is 4.74 Å². The van der Waals surface area contributed by atoms with Gasteiger partial charge in [0.2, 0.25) is 0 Å². The van der Waals surface area contributed by atoms with E-state index in [1.54, 1.807) is 7.11 Å². The molecule has 0 unspecified atom stereocenters. The highest BCUT2D eigenvalue weighted by Crippen LogP contribution is 2.27. The minimum absolute atomic E-state index is 0.848. The Kier molecular flexibility index (Phi) is 2.42. The lowest BCUT2D eigenvalue weighted by Crippen LogP contribution is -1.89. The Balaban J connectivity index is 2.84. The van der Waals surface area contributed by atoms with Gasteiger partial charge in [0.15, 0.2) is 0 Å². The Morgan fingerprint density at radius 2 is 2.00 bits per heavy atom. The number of ether oxygens (including phenoxy) is 1. The van der Waals surface area contributed by atoms with Crippen LogP contribution in [0.25, 0.3) is 10.9 Å². The van der Waals surface area contributed by atoms with Crippen molar-refractivity contribution >= 4 is 26.8 Å². The summed E-state index contributed by atoms with van der Waals surface area (Å²) in [6.45, 7) is 2.04. The summed E-state index contributed by atoms with van der Waals surface area (Å²) in [5.74, 6) is 0.866. The molecule has 0 amide bonds. The molecule has 0 saturated carbocycles. The maximum atomic E-state index is 5.27. The van der Waals surface area contributed by atoms with E-state index in [-0.39, 0.29) is 0 Å². The van der Waals surface area contributed by atoms with Gasteiger partial charge in [0.1, 0.15) is 10.4 Å². The van der Waals surface area contributed by atoms with Gasteiger partial charge in [-0.1, -0.05) is 6.07 Å². The summed E-state index contributed by atoms with van der Waals surface area (Å²) in [5, 5.41) is 1.05. The SMILES string of the molecule is COc1ccc(C)c2nc(Br)ccc12. The minimum Gasteiger partial charge on any atom is -0.496 e. The smallest absolute Gasteiger partial charge is 0.128 e. The Hall–Kier alpha value is -1.09. The number of hydrogen-bond donors (Lipinski definition) is 0. The number of hydrogen-bond acceptors (Lipinski definition) is 2. The monoisotopic (exact) mass is 251 g/mol. The van der Waals surface area contributed by atoms with Crippen LogP contribution < -0.4 is 4.74 Å². The fourth-order valence-electron chi connectivity index (χ4n) is 1.48. The summed E-state index contributed by atoms with van der Waals surface area (Å²) < 4.78 is 6.12. The number of rotatable bonds is 1. The number of methoxy groups -OCH3 is 1. The van der Waals surface area contributed by atoms with Crippen LogP contribution in [0.3, 0.4) is 0 Å². The van der Waals surface area contributed by atoms with E-state index in [0.717, 1.165) is 26.8 Å². The van der Waals surface area contributed by atoms with E-state index < -0.39 is 0 Å². The Morgan fingerprint density at radius 1 is 1.21 bits per heavy atom. The van der Waals surface area contributed by atoms with Crippen molar-refractivity contribution in [1.29, 1.82) is 0 Å². The van der Waals surface area contributed by atoms with Crippen LogP contribution in [0.4, 0.5) is 0 Å². The van der Waals surface area contributed by atoms with Crippen molar-refractivity contribution in [2.45, 2.75) is 6.92 Å². The summed E-state index contributed by atoms with van der Waals surface area (Å²) in [4.78, 5) is 4.42. The molecule has 0 radical (unpaired) electrons. The number of aryl methyl sites for hydroxylation is 1. The molecule has 2 aromatic rings. The fraction of sp³-hybridized carbons (Fsp3) is 0.182. The Bertz CT molecular complexity index is 482. The highest BCUT2D eigenvalue weighted by molar-refractivity contribution is 9.10. The molecule has 2 rings (SSSR count). The van der Waals surface area contributed by atoms with E-state index >= 15 is 0 Å². The predicted molar refractivity (Wildman–Crippen MR) is 60.7 cm³/mol. The molecule has 1 aromatic heterocycles. The van der Waals surface area contributed by atoms with E-state index in [1.807, 2.05) is 31.2 Å². The molecule has 1 aromatic carbocycles. The van der Waals surface area contributed by atoms with Crippen LogP contribution in [0.1, 0.15) is 5.56 Å². The topological polar surface area (TPSA) is 22.1 Å². The molecule has 3 heteroatoms. The highest BCUT2D eigenvalue weighted by Gasteiger charge is 2.04. The number of pyridine rings is 1. The summed E-state index contributed by atoms with van der Waals surface area (Å²) in [6.07, 6.45) is 0. The van der Waals surface area contributed by atoms with Crippen LogP contribution in [-0.4, -0.2) is 12.1 Å². The first-order valence-corrected chi connectivity index (χ1v) is 5.11. The van der Waals surface area contributed by atoms with Crippen LogP contribution in [0.2, 0.25) is 0 Å². The fourth-order valence-corrected chi connectivity index (χ4v) is 1.79. The molecule has 0 bridgehead atoms. The minimum atomic E-state index is 0.848. The molecule has 72 valence electrons. The third-order valence-electron chi connectivity index (χ3n) is 2.20. The Labute approximate surface area is 91.0 Å². The van der Waals surface area contributed by atoms with Gasteiger partial charge in [-0.05, 0) is 46.6 Å². The predicted octanol–water partition coefficient (Wildman–Crippen LogP) is 3.31. The van der Waals surface area contributed by atoms with E-state index in [0.29, 0.717) is 0 Å². The molecule has 0 aliphatic heterocycles. The van der Waals surface area contributed by atoms with Gasteiger partial charge >= 0.3 is 0 Å². The van der Waals surface area contributed by atoms with Crippen LogP contribution >= 0.6 is 15.9 Å². The second-order valence-electron chi connectivity index (χ2n) is 3.11. The molecule has 2 nitrogen and oxygen atoms in total. The first kappa shape index (κ1) is 9.46. The molecule has 0 aliphatic carbocycles. The van der Waals surface area contributed by atoms with E-state index in [4.69, 9.17) is 4.74 Å². The lowest BCUT2D eigenvalue weighted by atomic mass is 10.1. The van der Waals surface area contributed by atoms with Gasteiger partial charge in [-0.3, -0.25) is 0 Å². The second kappa shape index (κ2) is 3.58. The van der Waals surface area contributed by atoms with Crippen molar-refractivity contribution in [3.05, 3.63) is 34.4 Å². The molecule has 14 heavy (non-hydrogen) atoms. The first-order chi connectivity index (χ1) is 6.72. The molecular formula is C11H10BrNO. The highest BCUT2D eigenvalue weighted by atomic mass is 79.9. The lowest BCUT2D eigenvalue weighted by Gasteiger charge is -2.06. The van der Waals surface area contributed by atoms with Crippen molar-refractivity contribution in [2.24, 2.45) is 0 Å². The van der Waals surface area contributed by atoms with E-state index in [2.05, 4.69) is 20.9 Å². The maximum absolute atomic E-state index is 5.27. The third-order valence-corrected chi connectivity index (χ3v) is 2.65. The van der Waals surface area contributed by atoms with Crippen molar-refractivity contribution in [3.8, 4) is 5.75 Å². The molecule has 1 heterocycles. The van der Waals surface area contributed by atoms with Crippen molar-refractivity contribution in [3.63, 3.8) is 0 Å². The average molecular weight is 252 g/mol. The standard InChI is InChI=1S/C11H10BrNO/c1-7-3-5-9(14-2)8-4-6-10(12)13-11(7)8/h3-6H,1-2H3. The maximum Gasteiger partial charge on any atom is 0.128 e. The molecule has 0 N–H and O–H groups in total. The second-order valence-corrected chi connectivity index (χ2v) is 3.93. The van der Waals surface area contributed by atoms with Gasteiger partial charge in [0.25, 0.3) is 0 Å². The number of fused-ring (bicyclic) bond motifs is 1. The summed E-state index contributed by atoms with van der Waals surface area (Å²) in [7, 11) is 1.67. The number of benzene rings is 1. The lowest BCUT2D eigenvalue weighted by molar-refractivity contribution is 0.419. The molecule has 0 fully saturated rings. The molecular weight excluding hydrogens is 242 g/mol. The molecule has 0 aliphatic rings. The van der Waals surface area contributed by atoms with E-state index in [1.165, 1.54) is 0 Å². The van der Waals surface area contributed by atoms with Gasteiger partial charge in [-0.2, -0.15) is 0 Å². The number of aromatic nitrogens is 1. The van der Waals surface area contributed by atoms with Crippen molar-refractivity contribution < 1.29 is 4.74 Å². The zero-order chi connectivity index (χ0) is 10.1. The van der Waals surface area contributed by atoms with Crippen LogP contribution in [-0.2, 0) is 0 Å². The first-order valence-electron chi connectivity index (χ1n) is 4.32. The van der Waals surface area contributed by atoms with Gasteiger partial charge in [-0.25, -0.2) is 4.98 Å². The summed E-state index contributed by atoms with van der Waals surface area (Å²) >= 11 is 3.36. The zero-order valence-corrected chi connectivity index (χ0v) is 9.63. The molecule has 0 saturated heterocycles. The normalized spacial score (nSPS) is 10.5. The Morgan fingerprint density at radius 3 is 2.71 bits per heavy atom. The van der Waals surface area contributed by atoms with Gasteiger partial charge in [0, 0.05) is 5.39 Å². The van der Waals surface area contributed by atoms with Crippen molar-refractivity contribution in [2.75, 3.05) is 7.11 Å². The summed E-state index contributed by atoms with van der Waals surface area (Å²) in [6, 6.07) is 7.91. The van der Waals surface area contributed by atoms with Crippen molar-refractivity contribution in [1.82, 2.24) is 4.98 Å². The van der Waals surface area contributed by atoms with Gasteiger partial charge in [0.05, 0.1) is 12.6 Å². The number of halogens is 1. The largest absolute Gasteiger partial charge is 0.496 e. The van der Waals surface area contributed by atoms with Crippen LogP contribution in [0, 0.1) is 6.92 Å². The van der Waals surface area contributed by atoms with Crippen LogP contribution in [0.15, 0.2) is 28.9 Å². The molecule has 0 spiro atoms. The average Bonchev–Trinajstić information content (AvgIpc) is 2.19. The van der Waals surface area contributed by atoms with Crippen LogP contribution in [0.5, 0.6) is 5.75 Å². The molecule has 0 atom stereocenters. The zero-order valence-electron chi connectivity index (χ0n) is 8.04. The summed E-state index contributed by atoms with van der Waals surface area (Å²) in [5.41, 5.74) is 2.14. The third kappa shape index (κ3) is 1.48.